The van der Waals surface area contributed by atoms with Gasteiger partial charge in [-0.25, -0.2) is 0 Å². The largest absolute Gasteiger partial charge is 0.569 e. The smallest absolute Gasteiger partial charge is 0.280 e. The summed E-state index contributed by atoms with van der Waals surface area (Å²) in [5, 5.41) is 23.6. The molecule has 5 heteroatoms. The summed E-state index contributed by atoms with van der Waals surface area (Å²) in [5.41, 5.74) is 0. The summed E-state index contributed by atoms with van der Waals surface area (Å²) in [6, 6.07) is 0. The third-order valence-electron chi connectivity index (χ3n) is 1.39. The number of nitrogens with zero attached hydrogens (tertiary/aromatic N) is 3. The molecule has 51 valence electrons. The maximum Gasteiger partial charge on any atom is 0.280 e. The molecule has 9 heavy (non-hydrogen) atoms. The highest BCUT2D eigenvalue weighted by molar-refractivity contribution is 4.55. The van der Waals surface area contributed by atoms with Gasteiger partial charge in [-0.05, 0) is 12.8 Å². The van der Waals surface area contributed by atoms with Crippen LogP contribution in [0.2, 0.25) is 0 Å². The normalized spacial score (nSPS) is 20.9. The van der Waals surface area contributed by atoms with Gasteiger partial charge in [-0.3, -0.25) is 0 Å². The van der Waals surface area contributed by atoms with Crippen molar-refractivity contribution in [3.8, 4) is 0 Å². The molecule has 0 unspecified atom stereocenters. The van der Waals surface area contributed by atoms with E-state index >= 15 is 0 Å². The van der Waals surface area contributed by atoms with Crippen molar-refractivity contribution in [2.24, 2.45) is 5.28 Å². The molecule has 1 radical (unpaired) electrons. The Labute approximate surface area is 52.7 Å². The Balaban J connectivity index is 2.42. The third-order valence-corrected chi connectivity index (χ3v) is 1.39. The maximum absolute atomic E-state index is 10.4. The Kier molecular flexibility index (Phi) is 1.72. The molecular weight excluding hydrogens is 122 g/mol. The monoisotopic (exact) mass is 130 g/mol. The molecule has 0 spiro atoms. The van der Waals surface area contributed by atoms with Gasteiger partial charge in [-0.15, -0.1) is 5.01 Å². The minimum Gasteiger partial charge on any atom is -0.569 e. The van der Waals surface area contributed by atoms with Crippen molar-refractivity contribution in [1.29, 1.82) is 0 Å². The SMILES string of the molecule is [O]/N=[N+](\[O-])N1CCCC1. The van der Waals surface area contributed by atoms with Crippen LogP contribution in [0.15, 0.2) is 5.28 Å². The van der Waals surface area contributed by atoms with Crippen molar-refractivity contribution in [3.05, 3.63) is 5.21 Å². The van der Waals surface area contributed by atoms with Crippen LogP contribution in [0, 0.1) is 5.21 Å². The quantitative estimate of drug-likeness (QED) is 0.291. The molecule has 1 rings (SSSR count). The van der Waals surface area contributed by atoms with Gasteiger partial charge in [-0.2, -0.15) is 0 Å². The number of hydrazine groups is 1. The van der Waals surface area contributed by atoms with Gasteiger partial charge in [0.05, 0.1) is 18.1 Å². The van der Waals surface area contributed by atoms with Crippen LogP contribution in [0.3, 0.4) is 0 Å². The van der Waals surface area contributed by atoms with Crippen LogP contribution >= 0.6 is 0 Å². The van der Waals surface area contributed by atoms with E-state index in [4.69, 9.17) is 0 Å². The molecule has 1 aliphatic heterocycles. The minimum absolute atomic E-state index is 0.118. The van der Waals surface area contributed by atoms with Crippen LogP contribution in [-0.2, 0) is 5.21 Å². The molecule has 0 aromatic heterocycles. The first kappa shape index (κ1) is 6.12. The molecule has 0 aromatic carbocycles. The van der Waals surface area contributed by atoms with Crippen molar-refractivity contribution in [2.45, 2.75) is 12.8 Å². The Morgan fingerprint density at radius 3 is 2.44 bits per heavy atom. The lowest BCUT2D eigenvalue weighted by Crippen LogP contribution is -2.26. The summed E-state index contributed by atoms with van der Waals surface area (Å²) in [5.74, 6) is 0. The molecule has 1 heterocycles. The van der Waals surface area contributed by atoms with Gasteiger partial charge < -0.3 is 5.21 Å². The van der Waals surface area contributed by atoms with Crippen molar-refractivity contribution in [3.63, 3.8) is 0 Å². The average molecular weight is 130 g/mol. The van der Waals surface area contributed by atoms with E-state index in [-0.39, 0.29) is 4.97 Å². The van der Waals surface area contributed by atoms with Gasteiger partial charge in [0.15, 0.2) is 0 Å². The highest BCUT2D eigenvalue weighted by Gasteiger charge is 2.17. The van der Waals surface area contributed by atoms with E-state index in [1.165, 1.54) is 5.01 Å². The molecule has 1 saturated heterocycles. The van der Waals surface area contributed by atoms with Gasteiger partial charge in [-0.1, -0.05) is 5.21 Å². The summed E-state index contributed by atoms with van der Waals surface area (Å²) in [6.07, 6.45) is 1.96. The third kappa shape index (κ3) is 1.22. The van der Waals surface area contributed by atoms with Gasteiger partial charge in [0.25, 0.3) is 5.28 Å². The summed E-state index contributed by atoms with van der Waals surface area (Å²) in [4.78, 5) is 0.118. The molecule has 0 aromatic rings. The van der Waals surface area contributed by atoms with Crippen molar-refractivity contribution >= 4 is 0 Å². The Hall–Kier alpha value is -1.00. The van der Waals surface area contributed by atoms with E-state index in [0.29, 0.717) is 13.1 Å². The summed E-state index contributed by atoms with van der Waals surface area (Å²) in [7, 11) is 0. The number of rotatable bonds is 1. The zero-order valence-corrected chi connectivity index (χ0v) is 4.99. The highest BCUT2D eigenvalue weighted by Crippen LogP contribution is 2.06. The average Bonchev–Trinajstić information content (AvgIpc) is 2.37. The second-order valence-electron chi connectivity index (χ2n) is 2.00. The van der Waals surface area contributed by atoms with E-state index in [0.717, 1.165) is 12.8 Å². The van der Waals surface area contributed by atoms with Crippen molar-refractivity contribution in [1.82, 2.24) is 5.01 Å². The molecule has 0 bridgehead atoms. The van der Waals surface area contributed by atoms with Gasteiger partial charge in [0.1, 0.15) is 0 Å². The van der Waals surface area contributed by atoms with Crippen LogP contribution < -0.4 is 0 Å². The molecule has 0 amide bonds. The molecule has 0 aliphatic carbocycles. The molecule has 0 N–H and O–H groups in total. The lowest BCUT2D eigenvalue weighted by Gasteiger charge is -2.07. The lowest BCUT2D eigenvalue weighted by atomic mass is 10.4. The molecule has 0 saturated carbocycles. The Morgan fingerprint density at radius 1 is 1.44 bits per heavy atom. The zero-order valence-electron chi connectivity index (χ0n) is 4.99. The topological polar surface area (TPSA) is 61.6 Å². The second kappa shape index (κ2) is 2.52. The van der Waals surface area contributed by atoms with E-state index in [9.17, 15) is 10.4 Å². The summed E-state index contributed by atoms with van der Waals surface area (Å²) in [6.45, 7) is 1.32. The lowest BCUT2D eigenvalue weighted by molar-refractivity contribution is -0.709. The maximum atomic E-state index is 10.4. The first-order valence-corrected chi connectivity index (χ1v) is 2.90. The fourth-order valence-corrected chi connectivity index (χ4v) is 0.923. The van der Waals surface area contributed by atoms with Crippen molar-refractivity contribution in [2.75, 3.05) is 13.1 Å². The predicted octanol–water partition coefficient (Wildman–Crippen LogP) is 0.305. The predicted molar refractivity (Wildman–Crippen MR) is 27.5 cm³/mol. The first-order valence-electron chi connectivity index (χ1n) is 2.90. The fourth-order valence-electron chi connectivity index (χ4n) is 0.923. The summed E-state index contributed by atoms with van der Waals surface area (Å²) < 4.78 is 0. The number of hydrogen-bond donors (Lipinski definition) is 0. The van der Waals surface area contributed by atoms with E-state index < -0.39 is 0 Å². The van der Waals surface area contributed by atoms with E-state index in [2.05, 4.69) is 5.28 Å². The molecular formula is C4H8N3O2. The second-order valence-corrected chi connectivity index (χ2v) is 2.00. The van der Waals surface area contributed by atoms with E-state index in [1.807, 2.05) is 0 Å². The van der Waals surface area contributed by atoms with Gasteiger partial charge >= 0.3 is 0 Å². The minimum atomic E-state index is 0.118. The fraction of sp³-hybridized carbons (Fsp3) is 1.00. The van der Waals surface area contributed by atoms with Crippen LogP contribution in [0.5, 0.6) is 0 Å². The van der Waals surface area contributed by atoms with Crippen LogP contribution in [0.4, 0.5) is 0 Å². The standard InChI is InChI=1S/C4H8N3O2/c8-5-7(9)6-3-1-2-4-6/h1-4H2/b7-5-. The molecule has 0 atom stereocenters. The van der Waals surface area contributed by atoms with Crippen LogP contribution in [0.25, 0.3) is 0 Å². The summed E-state index contributed by atoms with van der Waals surface area (Å²) >= 11 is 0. The highest BCUT2D eigenvalue weighted by atomic mass is 16.6. The molecule has 1 aliphatic rings. The van der Waals surface area contributed by atoms with Crippen LogP contribution in [-0.4, -0.2) is 23.1 Å². The molecule has 1 fully saturated rings. The van der Waals surface area contributed by atoms with Gasteiger partial charge in [0, 0.05) is 0 Å². The Morgan fingerprint density at radius 2 is 2.00 bits per heavy atom. The zero-order chi connectivity index (χ0) is 6.69. The molecule has 5 nitrogen and oxygen atoms in total. The first-order chi connectivity index (χ1) is 4.34. The van der Waals surface area contributed by atoms with Gasteiger partial charge in [0.2, 0.25) is 0 Å². The Bertz CT molecular complexity index is 119. The van der Waals surface area contributed by atoms with Crippen LogP contribution in [0.1, 0.15) is 12.8 Å². The number of hydrogen-bond acceptors (Lipinski definition) is 2. The van der Waals surface area contributed by atoms with Crippen molar-refractivity contribution < 1.29 is 10.2 Å². The van der Waals surface area contributed by atoms with E-state index in [1.54, 1.807) is 0 Å².